The SMILES string of the molecule is CS(=O)(=O)N1CCc2c(C(=O)N3CCOc4ccccc4C3)n[nH]c2C1. The van der Waals surface area contributed by atoms with E-state index in [0.29, 0.717) is 44.0 Å². The van der Waals surface area contributed by atoms with Crippen LogP contribution in [0.5, 0.6) is 5.75 Å². The molecule has 26 heavy (non-hydrogen) atoms. The minimum absolute atomic E-state index is 0.157. The number of rotatable bonds is 2. The molecule has 1 aromatic heterocycles. The molecule has 8 nitrogen and oxygen atoms in total. The normalized spacial score (nSPS) is 17.8. The van der Waals surface area contributed by atoms with Crippen molar-refractivity contribution in [3.63, 3.8) is 0 Å². The van der Waals surface area contributed by atoms with Crippen molar-refractivity contribution in [3.8, 4) is 5.75 Å². The van der Waals surface area contributed by atoms with E-state index in [1.54, 1.807) is 4.90 Å². The summed E-state index contributed by atoms with van der Waals surface area (Å²) < 4.78 is 30.6. The van der Waals surface area contributed by atoms with Gasteiger partial charge in [0.25, 0.3) is 5.91 Å². The van der Waals surface area contributed by atoms with Gasteiger partial charge in [0.05, 0.1) is 25.0 Å². The van der Waals surface area contributed by atoms with E-state index >= 15 is 0 Å². The molecule has 1 aromatic carbocycles. The van der Waals surface area contributed by atoms with Crippen LogP contribution < -0.4 is 4.74 Å². The zero-order valence-corrected chi connectivity index (χ0v) is 15.3. The zero-order valence-electron chi connectivity index (χ0n) is 14.4. The Balaban J connectivity index is 1.58. The number of nitrogens with zero attached hydrogens (tertiary/aromatic N) is 3. The van der Waals surface area contributed by atoms with Crippen LogP contribution in [0.4, 0.5) is 0 Å². The Morgan fingerprint density at radius 2 is 2.04 bits per heavy atom. The minimum atomic E-state index is -3.26. The third kappa shape index (κ3) is 3.08. The Morgan fingerprint density at radius 1 is 1.23 bits per heavy atom. The van der Waals surface area contributed by atoms with E-state index in [0.717, 1.165) is 16.9 Å². The average molecular weight is 376 g/mol. The molecule has 0 saturated carbocycles. The second-order valence-corrected chi connectivity index (χ2v) is 8.54. The number of aromatic nitrogens is 2. The standard InChI is InChI=1S/C17H20N4O4S/c1-26(23,24)21-7-6-13-14(11-21)18-19-16(13)17(22)20-8-9-25-15-5-3-2-4-12(15)10-20/h2-5H,6-11H2,1H3,(H,18,19). The summed E-state index contributed by atoms with van der Waals surface area (Å²) in [5, 5.41) is 7.05. The van der Waals surface area contributed by atoms with Crippen molar-refractivity contribution in [3.05, 3.63) is 46.8 Å². The molecule has 0 aliphatic carbocycles. The molecule has 2 aliphatic rings. The number of carbonyl (C=O) groups is 1. The minimum Gasteiger partial charge on any atom is -0.491 e. The van der Waals surface area contributed by atoms with Gasteiger partial charge < -0.3 is 9.64 Å². The Morgan fingerprint density at radius 3 is 2.85 bits per heavy atom. The largest absolute Gasteiger partial charge is 0.491 e. The van der Waals surface area contributed by atoms with E-state index in [9.17, 15) is 13.2 Å². The van der Waals surface area contributed by atoms with Crippen LogP contribution in [0.25, 0.3) is 0 Å². The van der Waals surface area contributed by atoms with Gasteiger partial charge >= 0.3 is 0 Å². The summed E-state index contributed by atoms with van der Waals surface area (Å²) in [7, 11) is -3.26. The molecule has 0 spiro atoms. The van der Waals surface area contributed by atoms with Crippen molar-refractivity contribution in [2.24, 2.45) is 0 Å². The Kier molecular flexibility index (Phi) is 4.20. The monoisotopic (exact) mass is 376 g/mol. The zero-order chi connectivity index (χ0) is 18.3. The highest BCUT2D eigenvalue weighted by Crippen LogP contribution is 2.26. The van der Waals surface area contributed by atoms with E-state index in [1.165, 1.54) is 10.6 Å². The predicted octanol–water partition coefficient (Wildman–Crippen LogP) is 0.762. The number of amides is 1. The van der Waals surface area contributed by atoms with E-state index in [4.69, 9.17) is 4.74 Å². The first-order chi connectivity index (χ1) is 12.4. The first-order valence-electron chi connectivity index (χ1n) is 8.44. The summed E-state index contributed by atoms with van der Waals surface area (Å²) in [6.07, 6.45) is 1.66. The van der Waals surface area contributed by atoms with E-state index in [1.807, 2.05) is 24.3 Å². The summed E-state index contributed by atoms with van der Waals surface area (Å²) in [4.78, 5) is 14.8. The molecular weight excluding hydrogens is 356 g/mol. The lowest BCUT2D eigenvalue weighted by molar-refractivity contribution is 0.0726. The van der Waals surface area contributed by atoms with Crippen molar-refractivity contribution in [1.29, 1.82) is 0 Å². The Labute approximate surface area is 151 Å². The molecule has 2 aromatic rings. The second-order valence-electron chi connectivity index (χ2n) is 6.56. The number of para-hydroxylation sites is 1. The van der Waals surface area contributed by atoms with Gasteiger partial charge in [-0.15, -0.1) is 0 Å². The number of fused-ring (bicyclic) bond motifs is 2. The van der Waals surface area contributed by atoms with Gasteiger partial charge in [0.1, 0.15) is 12.4 Å². The van der Waals surface area contributed by atoms with Gasteiger partial charge in [-0.3, -0.25) is 9.89 Å². The van der Waals surface area contributed by atoms with Crippen LogP contribution in [-0.2, 0) is 29.5 Å². The molecule has 0 unspecified atom stereocenters. The van der Waals surface area contributed by atoms with Gasteiger partial charge in [0.2, 0.25) is 10.0 Å². The van der Waals surface area contributed by atoms with E-state index < -0.39 is 10.0 Å². The maximum absolute atomic E-state index is 13.0. The number of ether oxygens (including phenoxy) is 1. The van der Waals surface area contributed by atoms with Crippen molar-refractivity contribution in [2.75, 3.05) is 26.0 Å². The number of carbonyl (C=O) groups excluding carboxylic acids is 1. The van der Waals surface area contributed by atoms with Crippen molar-refractivity contribution in [1.82, 2.24) is 19.4 Å². The van der Waals surface area contributed by atoms with Crippen LogP contribution in [0.1, 0.15) is 27.3 Å². The topological polar surface area (TPSA) is 95.6 Å². The average Bonchev–Trinajstić information content (AvgIpc) is 2.91. The molecule has 3 heterocycles. The maximum atomic E-state index is 13.0. The molecule has 1 amide bonds. The third-order valence-electron chi connectivity index (χ3n) is 4.81. The Hall–Kier alpha value is -2.39. The fraction of sp³-hybridized carbons (Fsp3) is 0.412. The van der Waals surface area contributed by atoms with Gasteiger partial charge in [0, 0.05) is 24.2 Å². The molecule has 4 rings (SSSR count). The number of nitrogens with one attached hydrogen (secondary N) is 1. The van der Waals surface area contributed by atoms with Crippen LogP contribution in [0.2, 0.25) is 0 Å². The van der Waals surface area contributed by atoms with Gasteiger partial charge in [0.15, 0.2) is 5.69 Å². The van der Waals surface area contributed by atoms with Gasteiger partial charge in [-0.2, -0.15) is 9.40 Å². The van der Waals surface area contributed by atoms with Crippen molar-refractivity contribution >= 4 is 15.9 Å². The molecular formula is C17H20N4O4S. The summed E-state index contributed by atoms with van der Waals surface area (Å²) in [5.41, 5.74) is 2.85. The van der Waals surface area contributed by atoms with Crippen molar-refractivity contribution < 1.29 is 17.9 Å². The fourth-order valence-corrected chi connectivity index (χ4v) is 4.19. The summed E-state index contributed by atoms with van der Waals surface area (Å²) in [6, 6.07) is 7.69. The van der Waals surface area contributed by atoms with Crippen LogP contribution in [0.15, 0.2) is 24.3 Å². The van der Waals surface area contributed by atoms with Gasteiger partial charge in [-0.1, -0.05) is 18.2 Å². The van der Waals surface area contributed by atoms with Gasteiger partial charge in [-0.25, -0.2) is 8.42 Å². The van der Waals surface area contributed by atoms with Crippen LogP contribution in [0.3, 0.4) is 0 Å². The molecule has 9 heteroatoms. The summed E-state index contributed by atoms with van der Waals surface area (Å²) in [5.74, 6) is 0.645. The van der Waals surface area contributed by atoms with Crippen molar-refractivity contribution in [2.45, 2.75) is 19.5 Å². The first-order valence-corrected chi connectivity index (χ1v) is 10.3. The van der Waals surface area contributed by atoms with Crippen LogP contribution in [-0.4, -0.2) is 59.7 Å². The fourth-order valence-electron chi connectivity index (χ4n) is 3.40. The van der Waals surface area contributed by atoms with Crippen LogP contribution in [0, 0.1) is 0 Å². The van der Waals surface area contributed by atoms with E-state index in [-0.39, 0.29) is 12.5 Å². The highest BCUT2D eigenvalue weighted by atomic mass is 32.2. The molecule has 138 valence electrons. The number of hydrogen-bond donors (Lipinski definition) is 1. The van der Waals surface area contributed by atoms with Gasteiger partial charge in [-0.05, 0) is 12.5 Å². The highest BCUT2D eigenvalue weighted by Gasteiger charge is 2.31. The molecule has 0 radical (unpaired) electrons. The lowest BCUT2D eigenvalue weighted by atomic mass is 10.0. The number of aromatic amines is 1. The first kappa shape index (κ1) is 17.0. The molecule has 0 fully saturated rings. The maximum Gasteiger partial charge on any atom is 0.275 e. The smallest absolute Gasteiger partial charge is 0.275 e. The molecule has 0 bridgehead atoms. The quantitative estimate of drug-likeness (QED) is 0.835. The molecule has 1 N–H and O–H groups in total. The number of benzene rings is 1. The van der Waals surface area contributed by atoms with E-state index in [2.05, 4.69) is 10.2 Å². The number of hydrogen-bond acceptors (Lipinski definition) is 5. The summed E-state index contributed by atoms with van der Waals surface area (Å²) in [6.45, 7) is 1.95. The lowest BCUT2D eigenvalue weighted by Gasteiger charge is -2.25. The molecule has 2 aliphatic heterocycles. The second kappa shape index (κ2) is 6.40. The van der Waals surface area contributed by atoms with Crippen LogP contribution >= 0.6 is 0 Å². The highest BCUT2D eigenvalue weighted by molar-refractivity contribution is 7.88. The number of H-pyrrole nitrogens is 1. The summed E-state index contributed by atoms with van der Waals surface area (Å²) >= 11 is 0. The predicted molar refractivity (Wildman–Crippen MR) is 94.2 cm³/mol. The molecule has 0 atom stereocenters. The lowest BCUT2D eigenvalue weighted by Crippen LogP contribution is -2.36. The Bertz CT molecular complexity index is 953. The molecule has 0 saturated heterocycles. The third-order valence-corrected chi connectivity index (χ3v) is 6.06. The number of sulfonamides is 1.